The first-order valence-corrected chi connectivity index (χ1v) is 5.70. The van der Waals surface area contributed by atoms with Gasteiger partial charge in [0.1, 0.15) is 0 Å². The lowest BCUT2D eigenvalue weighted by Gasteiger charge is -2.00. The summed E-state index contributed by atoms with van der Waals surface area (Å²) in [6.07, 6.45) is 5.31. The van der Waals surface area contributed by atoms with Crippen LogP contribution in [0.1, 0.15) is 10.6 Å². The Morgan fingerprint density at radius 2 is 2.36 bits per heavy atom. The Morgan fingerprint density at radius 3 is 3.00 bits per heavy atom. The Bertz CT molecular complexity index is 384. The smallest absolute Gasteiger partial charge is 0.0922 e. The third-order valence-electron chi connectivity index (χ3n) is 1.75. The van der Waals surface area contributed by atoms with E-state index in [1.807, 2.05) is 12.4 Å². The fourth-order valence-corrected chi connectivity index (χ4v) is 2.25. The van der Waals surface area contributed by atoms with Crippen LogP contribution in [0.5, 0.6) is 0 Å². The van der Waals surface area contributed by atoms with Crippen molar-refractivity contribution in [2.75, 3.05) is 0 Å². The Morgan fingerprint density at radius 1 is 1.43 bits per heavy atom. The van der Waals surface area contributed by atoms with Gasteiger partial charge in [-0.25, -0.2) is 4.98 Å². The standard InChI is InChI=1S/C8H9BrN4S/c9-7-3-13-14-8(7)4-10-1-6-2-11-5-12-6/h2-3,5,10H,1,4H2,(H,11,12). The van der Waals surface area contributed by atoms with Gasteiger partial charge in [-0.3, -0.25) is 0 Å². The molecule has 6 heteroatoms. The fourth-order valence-electron chi connectivity index (χ4n) is 1.06. The van der Waals surface area contributed by atoms with Crippen molar-refractivity contribution in [2.45, 2.75) is 13.1 Å². The number of halogens is 1. The molecule has 2 aromatic heterocycles. The summed E-state index contributed by atoms with van der Waals surface area (Å²) < 4.78 is 5.14. The quantitative estimate of drug-likeness (QED) is 0.894. The summed E-state index contributed by atoms with van der Waals surface area (Å²) in [6, 6.07) is 0. The van der Waals surface area contributed by atoms with Crippen LogP contribution in [0.4, 0.5) is 0 Å². The lowest BCUT2D eigenvalue weighted by atomic mass is 10.4. The van der Waals surface area contributed by atoms with Gasteiger partial charge in [0.15, 0.2) is 0 Å². The van der Waals surface area contributed by atoms with Crippen molar-refractivity contribution in [1.29, 1.82) is 0 Å². The maximum absolute atomic E-state index is 4.07. The SMILES string of the molecule is Brc1cnsc1CNCc1cnc[nH]1. The fraction of sp³-hybridized carbons (Fsp3) is 0.250. The number of nitrogens with zero attached hydrogens (tertiary/aromatic N) is 2. The Kier molecular flexibility index (Phi) is 3.28. The van der Waals surface area contributed by atoms with Crippen LogP contribution < -0.4 is 5.32 Å². The molecule has 0 saturated heterocycles. The van der Waals surface area contributed by atoms with E-state index in [1.165, 1.54) is 16.4 Å². The highest BCUT2D eigenvalue weighted by Gasteiger charge is 2.01. The number of imidazole rings is 1. The number of rotatable bonds is 4. The first-order valence-electron chi connectivity index (χ1n) is 4.13. The van der Waals surface area contributed by atoms with Crippen molar-refractivity contribution in [3.8, 4) is 0 Å². The molecule has 0 spiro atoms. The Balaban J connectivity index is 1.81. The topological polar surface area (TPSA) is 53.6 Å². The van der Waals surface area contributed by atoms with Gasteiger partial charge in [0.05, 0.1) is 21.9 Å². The summed E-state index contributed by atoms with van der Waals surface area (Å²) >= 11 is 4.93. The predicted octanol–water partition coefficient (Wildman–Crippen LogP) is 1.92. The van der Waals surface area contributed by atoms with E-state index in [0.29, 0.717) is 0 Å². The van der Waals surface area contributed by atoms with Gasteiger partial charge >= 0.3 is 0 Å². The van der Waals surface area contributed by atoms with E-state index in [2.05, 4.69) is 35.6 Å². The van der Waals surface area contributed by atoms with E-state index in [1.54, 1.807) is 6.33 Å². The molecule has 2 aromatic rings. The molecule has 0 aliphatic rings. The van der Waals surface area contributed by atoms with Crippen molar-refractivity contribution in [2.24, 2.45) is 0 Å². The first-order chi connectivity index (χ1) is 6.86. The maximum atomic E-state index is 4.07. The molecule has 0 unspecified atom stereocenters. The molecule has 0 bridgehead atoms. The van der Waals surface area contributed by atoms with Crippen molar-refractivity contribution in [3.63, 3.8) is 0 Å². The van der Waals surface area contributed by atoms with E-state index in [9.17, 15) is 0 Å². The molecule has 0 saturated carbocycles. The van der Waals surface area contributed by atoms with Gasteiger partial charge < -0.3 is 10.3 Å². The van der Waals surface area contributed by atoms with Crippen molar-refractivity contribution < 1.29 is 0 Å². The van der Waals surface area contributed by atoms with Crippen LogP contribution in [0.25, 0.3) is 0 Å². The van der Waals surface area contributed by atoms with E-state index < -0.39 is 0 Å². The molecule has 0 aliphatic carbocycles. The Hall–Kier alpha value is -0.720. The number of hydrogen-bond donors (Lipinski definition) is 2. The molecule has 74 valence electrons. The van der Waals surface area contributed by atoms with E-state index in [-0.39, 0.29) is 0 Å². The second kappa shape index (κ2) is 4.68. The molecule has 0 radical (unpaired) electrons. The zero-order chi connectivity index (χ0) is 9.80. The predicted molar refractivity (Wildman–Crippen MR) is 58.9 cm³/mol. The lowest BCUT2D eigenvalue weighted by molar-refractivity contribution is 0.688. The Labute approximate surface area is 94.1 Å². The highest BCUT2D eigenvalue weighted by molar-refractivity contribution is 9.10. The second-order valence-electron chi connectivity index (χ2n) is 2.78. The number of nitrogens with one attached hydrogen (secondary N) is 2. The van der Waals surface area contributed by atoms with Crippen LogP contribution >= 0.6 is 27.5 Å². The monoisotopic (exact) mass is 272 g/mol. The minimum Gasteiger partial charge on any atom is -0.347 e. The van der Waals surface area contributed by atoms with Crippen LogP contribution in [-0.2, 0) is 13.1 Å². The van der Waals surface area contributed by atoms with Gasteiger partial charge in [0, 0.05) is 25.0 Å². The van der Waals surface area contributed by atoms with Gasteiger partial charge in [-0.2, -0.15) is 4.37 Å². The molecular formula is C8H9BrN4S. The average Bonchev–Trinajstić information content (AvgIpc) is 2.78. The highest BCUT2D eigenvalue weighted by Crippen LogP contribution is 2.19. The first kappa shape index (κ1) is 9.82. The molecule has 2 heterocycles. The van der Waals surface area contributed by atoms with Crippen molar-refractivity contribution in [3.05, 3.63) is 33.8 Å². The molecule has 0 amide bonds. The summed E-state index contributed by atoms with van der Waals surface area (Å²) in [5, 5.41) is 3.30. The minimum absolute atomic E-state index is 0.796. The summed E-state index contributed by atoms with van der Waals surface area (Å²) in [5.74, 6) is 0. The largest absolute Gasteiger partial charge is 0.347 e. The second-order valence-corrected chi connectivity index (χ2v) is 4.52. The molecule has 0 atom stereocenters. The molecule has 4 nitrogen and oxygen atoms in total. The van der Waals surface area contributed by atoms with Crippen LogP contribution in [0.3, 0.4) is 0 Å². The molecule has 14 heavy (non-hydrogen) atoms. The molecule has 0 fully saturated rings. The van der Waals surface area contributed by atoms with Crippen LogP contribution in [0.2, 0.25) is 0 Å². The summed E-state index contributed by atoms with van der Waals surface area (Å²) in [7, 11) is 0. The summed E-state index contributed by atoms with van der Waals surface area (Å²) in [6.45, 7) is 1.62. The normalized spacial score (nSPS) is 10.6. The van der Waals surface area contributed by atoms with E-state index in [0.717, 1.165) is 23.3 Å². The van der Waals surface area contributed by atoms with Crippen molar-refractivity contribution >= 4 is 27.5 Å². The van der Waals surface area contributed by atoms with Gasteiger partial charge in [0.25, 0.3) is 0 Å². The van der Waals surface area contributed by atoms with Gasteiger partial charge in [-0.05, 0) is 27.5 Å². The van der Waals surface area contributed by atoms with Gasteiger partial charge in [0.2, 0.25) is 0 Å². The summed E-state index contributed by atoms with van der Waals surface area (Å²) in [4.78, 5) is 8.19. The minimum atomic E-state index is 0.796. The third-order valence-corrected chi connectivity index (χ3v) is 3.49. The molecule has 2 rings (SSSR count). The van der Waals surface area contributed by atoms with Crippen molar-refractivity contribution in [1.82, 2.24) is 19.7 Å². The zero-order valence-corrected chi connectivity index (χ0v) is 9.73. The maximum Gasteiger partial charge on any atom is 0.0922 e. The lowest BCUT2D eigenvalue weighted by Crippen LogP contribution is -2.12. The molecular weight excluding hydrogens is 264 g/mol. The number of H-pyrrole nitrogens is 1. The van der Waals surface area contributed by atoms with Crippen LogP contribution in [-0.4, -0.2) is 14.3 Å². The molecule has 0 aromatic carbocycles. The number of aromatic nitrogens is 3. The number of aromatic amines is 1. The average molecular weight is 273 g/mol. The highest BCUT2D eigenvalue weighted by atomic mass is 79.9. The van der Waals surface area contributed by atoms with E-state index >= 15 is 0 Å². The van der Waals surface area contributed by atoms with Gasteiger partial charge in [-0.15, -0.1) is 0 Å². The zero-order valence-electron chi connectivity index (χ0n) is 7.33. The molecule has 2 N–H and O–H groups in total. The summed E-state index contributed by atoms with van der Waals surface area (Å²) in [5.41, 5.74) is 1.09. The molecule has 0 aliphatic heterocycles. The van der Waals surface area contributed by atoms with Gasteiger partial charge in [-0.1, -0.05) is 0 Å². The van der Waals surface area contributed by atoms with Crippen LogP contribution in [0.15, 0.2) is 23.2 Å². The van der Waals surface area contributed by atoms with Crippen LogP contribution in [0, 0.1) is 0 Å². The van der Waals surface area contributed by atoms with E-state index in [4.69, 9.17) is 0 Å². The third kappa shape index (κ3) is 2.40. The number of hydrogen-bond acceptors (Lipinski definition) is 4.